The second-order valence-electron chi connectivity index (χ2n) is 4.88. The molecule has 0 atom stereocenters. The van der Waals surface area contributed by atoms with Crippen LogP contribution in [-0.4, -0.2) is 16.0 Å². The summed E-state index contributed by atoms with van der Waals surface area (Å²) >= 11 is 0. The Labute approximate surface area is 100 Å². The van der Waals surface area contributed by atoms with E-state index in [1.54, 1.807) is 6.92 Å². The number of nitrogens with one attached hydrogen (secondary N) is 1. The molecule has 3 nitrogen and oxygen atoms in total. The van der Waals surface area contributed by atoms with Crippen molar-refractivity contribution in [3.63, 3.8) is 0 Å². The summed E-state index contributed by atoms with van der Waals surface area (Å²) < 4.78 is 0. The molecule has 3 heteroatoms. The SMILES string of the molecule is CC(=O)c1cccc2c(C3CCCC3)[nH]nc12. The van der Waals surface area contributed by atoms with Crippen molar-refractivity contribution in [2.75, 3.05) is 0 Å². The Morgan fingerprint density at radius 2 is 2.12 bits per heavy atom. The third-order valence-electron chi connectivity index (χ3n) is 3.76. The number of rotatable bonds is 2. The van der Waals surface area contributed by atoms with Crippen LogP contribution < -0.4 is 0 Å². The van der Waals surface area contributed by atoms with Gasteiger partial charge in [0.25, 0.3) is 0 Å². The highest BCUT2D eigenvalue weighted by Crippen LogP contribution is 2.36. The van der Waals surface area contributed by atoms with Gasteiger partial charge in [0.2, 0.25) is 0 Å². The zero-order chi connectivity index (χ0) is 11.8. The van der Waals surface area contributed by atoms with E-state index in [0.717, 1.165) is 16.5 Å². The number of para-hydroxylation sites is 1. The third-order valence-corrected chi connectivity index (χ3v) is 3.76. The van der Waals surface area contributed by atoms with Crippen molar-refractivity contribution < 1.29 is 4.79 Å². The quantitative estimate of drug-likeness (QED) is 0.800. The van der Waals surface area contributed by atoms with Crippen LogP contribution in [-0.2, 0) is 0 Å². The molecule has 3 rings (SSSR count). The van der Waals surface area contributed by atoms with Crippen molar-refractivity contribution in [3.8, 4) is 0 Å². The number of hydrogen-bond acceptors (Lipinski definition) is 2. The third kappa shape index (κ3) is 1.66. The molecular weight excluding hydrogens is 212 g/mol. The lowest BCUT2D eigenvalue weighted by Crippen LogP contribution is -1.94. The molecule has 17 heavy (non-hydrogen) atoms. The first kappa shape index (κ1) is 10.5. The zero-order valence-electron chi connectivity index (χ0n) is 9.99. The number of H-pyrrole nitrogens is 1. The topological polar surface area (TPSA) is 45.8 Å². The summed E-state index contributed by atoms with van der Waals surface area (Å²) in [5.41, 5.74) is 2.78. The van der Waals surface area contributed by atoms with Crippen LogP contribution in [0.4, 0.5) is 0 Å². The molecule has 1 saturated carbocycles. The van der Waals surface area contributed by atoms with E-state index in [9.17, 15) is 4.79 Å². The summed E-state index contributed by atoms with van der Waals surface area (Å²) in [7, 11) is 0. The fourth-order valence-corrected chi connectivity index (χ4v) is 2.87. The molecule has 1 aliphatic rings. The van der Waals surface area contributed by atoms with Crippen molar-refractivity contribution in [1.29, 1.82) is 0 Å². The lowest BCUT2D eigenvalue weighted by molar-refractivity contribution is 0.101. The average molecular weight is 228 g/mol. The maximum atomic E-state index is 11.5. The molecule has 2 aromatic rings. The van der Waals surface area contributed by atoms with Crippen LogP contribution in [0.25, 0.3) is 10.9 Å². The number of aromatic amines is 1. The van der Waals surface area contributed by atoms with Gasteiger partial charge in [-0.3, -0.25) is 9.89 Å². The molecule has 0 aliphatic heterocycles. The lowest BCUT2D eigenvalue weighted by Gasteiger charge is -2.06. The first-order valence-electron chi connectivity index (χ1n) is 6.25. The van der Waals surface area contributed by atoms with Crippen LogP contribution in [0.2, 0.25) is 0 Å². The molecule has 1 N–H and O–H groups in total. The molecule has 1 aliphatic carbocycles. The molecule has 88 valence electrons. The number of fused-ring (bicyclic) bond motifs is 1. The first-order chi connectivity index (χ1) is 8.27. The summed E-state index contributed by atoms with van der Waals surface area (Å²) in [5.74, 6) is 0.683. The minimum atomic E-state index is 0.0834. The number of Topliss-reactive ketones (excluding diaryl/α,β-unsaturated/α-hetero) is 1. The number of aromatic nitrogens is 2. The Morgan fingerprint density at radius 3 is 2.82 bits per heavy atom. The molecule has 0 amide bonds. The van der Waals surface area contributed by atoms with Gasteiger partial charge in [0.1, 0.15) is 5.52 Å². The average Bonchev–Trinajstić information content (AvgIpc) is 2.96. The van der Waals surface area contributed by atoms with E-state index in [0.29, 0.717) is 5.92 Å². The number of hydrogen-bond donors (Lipinski definition) is 1. The maximum absolute atomic E-state index is 11.5. The second kappa shape index (κ2) is 3.99. The largest absolute Gasteiger partial charge is 0.294 e. The number of benzene rings is 1. The molecular formula is C14H16N2O. The lowest BCUT2D eigenvalue weighted by atomic mass is 9.99. The Morgan fingerprint density at radius 1 is 1.35 bits per heavy atom. The monoisotopic (exact) mass is 228 g/mol. The summed E-state index contributed by atoms with van der Waals surface area (Å²) in [5, 5.41) is 8.62. The molecule has 0 spiro atoms. The van der Waals surface area contributed by atoms with Gasteiger partial charge in [-0.2, -0.15) is 5.10 Å². The smallest absolute Gasteiger partial charge is 0.162 e. The van der Waals surface area contributed by atoms with E-state index in [-0.39, 0.29) is 5.78 Å². The van der Waals surface area contributed by atoms with Gasteiger partial charge in [0.05, 0.1) is 0 Å². The van der Waals surface area contributed by atoms with Crippen LogP contribution in [0.5, 0.6) is 0 Å². The van der Waals surface area contributed by atoms with Crippen molar-refractivity contribution >= 4 is 16.7 Å². The summed E-state index contributed by atoms with van der Waals surface area (Å²) in [6.45, 7) is 1.60. The van der Waals surface area contributed by atoms with Gasteiger partial charge in [0.15, 0.2) is 5.78 Å². The van der Waals surface area contributed by atoms with Gasteiger partial charge in [-0.1, -0.05) is 25.0 Å². The Balaban J connectivity index is 2.15. The highest BCUT2D eigenvalue weighted by atomic mass is 16.1. The van der Waals surface area contributed by atoms with E-state index in [2.05, 4.69) is 16.3 Å². The van der Waals surface area contributed by atoms with Crippen LogP contribution in [0.15, 0.2) is 18.2 Å². The van der Waals surface area contributed by atoms with E-state index in [1.807, 2.05) is 12.1 Å². The van der Waals surface area contributed by atoms with Crippen molar-refractivity contribution in [2.24, 2.45) is 0 Å². The number of carbonyl (C=O) groups is 1. The fraction of sp³-hybridized carbons (Fsp3) is 0.429. The van der Waals surface area contributed by atoms with Gasteiger partial charge in [0, 0.05) is 22.6 Å². The van der Waals surface area contributed by atoms with Gasteiger partial charge in [-0.25, -0.2) is 0 Å². The molecule has 0 saturated heterocycles. The highest BCUT2D eigenvalue weighted by molar-refractivity contribution is 6.06. The van der Waals surface area contributed by atoms with Crippen LogP contribution in [0.1, 0.15) is 54.6 Å². The fourth-order valence-electron chi connectivity index (χ4n) is 2.87. The van der Waals surface area contributed by atoms with E-state index in [4.69, 9.17) is 0 Å². The normalized spacial score (nSPS) is 16.8. The van der Waals surface area contributed by atoms with E-state index in [1.165, 1.54) is 31.4 Å². The number of ketones is 1. The van der Waals surface area contributed by atoms with Gasteiger partial charge in [-0.15, -0.1) is 0 Å². The van der Waals surface area contributed by atoms with Crippen molar-refractivity contribution in [2.45, 2.75) is 38.5 Å². The zero-order valence-corrected chi connectivity index (χ0v) is 9.99. The Hall–Kier alpha value is -1.64. The summed E-state index contributed by atoms with van der Waals surface area (Å²) in [6.07, 6.45) is 5.08. The molecule has 0 radical (unpaired) electrons. The first-order valence-corrected chi connectivity index (χ1v) is 6.25. The minimum Gasteiger partial charge on any atom is -0.294 e. The Bertz CT molecular complexity index is 565. The van der Waals surface area contributed by atoms with Crippen LogP contribution >= 0.6 is 0 Å². The van der Waals surface area contributed by atoms with Gasteiger partial charge in [-0.05, 0) is 25.8 Å². The number of nitrogens with zero attached hydrogens (tertiary/aromatic N) is 1. The standard InChI is InChI=1S/C14H16N2O/c1-9(17)11-7-4-8-12-13(15-16-14(11)12)10-5-2-3-6-10/h4,7-8,10H,2-3,5-6H2,1H3,(H,15,16). The van der Waals surface area contributed by atoms with Crippen LogP contribution in [0.3, 0.4) is 0 Å². The molecule has 0 bridgehead atoms. The summed E-state index contributed by atoms with van der Waals surface area (Å²) in [4.78, 5) is 11.5. The molecule has 1 aromatic carbocycles. The van der Waals surface area contributed by atoms with Crippen molar-refractivity contribution in [3.05, 3.63) is 29.5 Å². The van der Waals surface area contributed by atoms with Gasteiger partial charge < -0.3 is 0 Å². The molecule has 1 fully saturated rings. The molecule has 0 unspecified atom stereocenters. The van der Waals surface area contributed by atoms with Gasteiger partial charge >= 0.3 is 0 Å². The summed E-state index contributed by atoms with van der Waals surface area (Å²) in [6, 6.07) is 5.87. The maximum Gasteiger partial charge on any atom is 0.162 e. The molecule has 1 aromatic heterocycles. The minimum absolute atomic E-state index is 0.0834. The number of carbonyl (C=O) groups excluding carboxylic acids is 1. The second-order valence-corrected chi connectivity index (χ2v) is 4.88. The highest BCUT2D eigenvalue weighted by Gasteiger charge is 2.22. The predicted octanol–water partition coefficient (Wildman–Crippen LogP) is 3.42. The van der Waals surface area contributed by atoms with E-state index < -0.39 is 0 Å². The van der Waals surface area contributed by atoms with Crippen molar-refractivity contribution in [1.82, 2.24) is 10.2 Å². The van der Waals surface area contributed by atoms with E-state index >= 15 is 0 Å². The Kier molecular flexibility index (Phi) is 2.46. The predicted molar refractivity (Wildman–Crippen MR) is 67.3 cm³/mol. The molecule has 1 heterocycles. The van der Waals surface area contributed by atoms with Crippen LogP contribution in [0, 0.1) is 0 Å².